The fourth-order valence-electron chi connectivity index (χ4n) is 3.39. The molecule has 1 saturated heterocycles. The second-order valence-corrected chi connectivity index (χ2v) is 8.34. The summed E-state index contributed by atoms with van der Waals surface area (Å²) < 4.78 is 0.268. The Morgan fingerprint density at radius 2 is 1.72 bits per heavy atom. The highest BCUT2D eigenvalue weighted by atomic mass is 32.2. The Morgan fingerprint density at radius 1 is 1.03 bits per heavy atom. The molecule has 1 fully saturated rings. The molecule has 0 unspecified atom stereocenters. The predicted molar refractivity (Wildman–Crippen MR) is 121 cm³/mol. The normalized spacial score (nSPS) is 16.6. The molecule has 1 aliphatic rings. The molecule has 4 nitrogen and oxygen atoms in total. The summed E-state index contributed by atoms with van der Waals surface area (Å²) in [6.45, 7) is 0. The quantitative estimate of drug-likeness (QED) is 0.478. The molecule has 0 spiro atoms. The van der Waals surface area contributed by atoms with E-state index >= 15 is 0 Å². The third-order valence-electron chi connectivity index (χ3n) is 4.80. The molecule has 3 aromatic rings. The first kappa shape index (κ1) is 19.4. The van der Waals surface area contributed by atoms with E-state index in [9.17, 15) is 14.7 Å². The number of thiocarbonyl (C=S) groups is 1. The van der Waals surface area contributed by atoms with Gasteiger partial charge in [0.05, 0.1) is 4.91 Å². The Bertz CT molecular complexity index is 1140. The van der Waals surface area contributed by atoms with Gasteiger partial charge in [-0.2, -0.15) is 0 Å². The number of thioether (sulfide) groups is 1. The second kappa shape index (κ2) is 8.19. The third kappa shape index (κ3) is 3.95. The Labute approximate surface area is 177 Å². The van der Waals surface area contributed by atoms with Crippen molar-refractivity contribution in [3.8, 4) is 0 Å². The lowest BCUT2D eigenvalue weighted by Crippen LogP contribution is -2.45. The first-order chi connectivity index (χ1) is 14.0. The number of carboxylic acid groups (broad SMARTS) is 1. The zero-order chi connectivity index (χ0) is 20.4. The van der Waals surface area contributed by atoms with Crippen LogP contribution in [-0.2, 0) is 16.0 Å². The molecule has 1 heterocycles. The third-order valence-corrected chi connectivity index (χ3v) is 6.13. The maximum atomic E-state index is 13.1. The number of fused-ring (bicyclic) bond motifs is 1. The first-order valence-electron chi connectivity index (χ1n) is 9.06. The number of hydrogen-bond acceptors (Lipinski definition) is 4. The summed E-state index contributed by atoms with van der Waals surface area (Å²) in [6.07, 6.45) is 1.99. The maximum Gasteiger partial charge on any atom is 0.327 e. The van der Waals surface area contributed by atoms with Gasteiger partial charge in [0.25, 0.3) is 5.91 Å². The molecule has 144 valence electrons. The number of nitrogens with zero attached hydrogens (tertiary/aromatic N) is 1. The molecule has 6 heteroatoms. The average Bonchev–Trinajstić information content (AvgIpc) is 3.00. The van der Waals surface area contributed by atoms with Gasteiger partial charge in [0.1, 0.15) is 10.4 Å². The zero-order valence-electron chi connectivity index (χ0n) is 15.3. The predicted octanol–water partition coefficient (Wildman–Crippen LogP) is 4.74. The van der Waals surface area contributed by atoms with E-state index in [0.717, 1.165) is 33.7 Å². The minimum Gasteiger partial charge on any atom is -0.480 e. The lowest BCUT2D eigenvalue weighted by atomic mass is 10.0. The van der Waals surface area contributed by atoms with Gasteiger partial charge in [-0.15, -0.1) is 0 Å². The minimum atomic E-state index is -1.07. The standard InChI is InChI=1S/C23H17NO3S2/c25-21-20(14-17-11-6-10-16-9-4-5-12-18(16)17)29-23(28)24(21)19(22(26)27)13-15-7-2-1-3-8-15/h1-12,14,19H,13H2,(H,26,27)/b20-14+/t19-/m1/s1. The fraction of sp³-hybridized carbons (Fsp3) is 0.0870. The molecule has 1 N–H and O–H groups in total. The Kier molecular flexibility index (Phi) is 5.47. The lowest BCUT2D eigenvalue weighted by molar-refractivity contribution is -0.145. The SMILES string of the molecule is O=C(O)[C@@H](Cc1ccccc1)N1C(=O)/C(=C\c2cccc3ccccc23)SC1=S. The van der Waals surface area contributed by atoms with Crippen LogP contribution in [0.25, 0.3) is 16.8 Å². The summed E-state index contributed by atoms with van der Waals surface area (Å²) in [5.74, 6) is -1.44. The van der Waals surface area contributed by atoms with Gasteiger partial charge < -0.3 is 5.11 Å². The van der Waals surface area contributed by atoms with Crippen LogP contribution < -0.4 is 0 Å². The molecule has 0 bridgehead atoms. The van der Waals surface area contributed by atoms with E-state index in [1.54, 1.807) is 6.08 Å². The lowest BCUT2D eigenvalue weighted by Gasteiger charge is -2.23. The van der Waals surface area contributed by atoms with Crippen LogP contribution in [0.15, 0.2) is 77.7 Å². The molecule has 29 heavy (non-hydrogen) atoms. The van der Waals surface area contributed by atoms with Crippen molar-refractivity contribution in [3.63, 3.8) is 0 Å². The number of carbonyl (C=O) groups excluding carboxylic acids is 1. The summed E-state index contributed by atoms with van der Waals surface area (Å²) in [4.78, 5) is 26.7. The topological polar surface area (TPSA) is 57.6 Å². The van der Waals surface area contributed by atoms with Gasteiger partial charge >= 0.3 is 5.97 Å². The molecule has 0 radical (unpaired) electrons. The van der Waals surface area contributed by atoms with Gasteiger partial charge in [0.2, 0.25) is 0 Å². The van der Waals surface area contributed by atoms with Gasteiger partial charge in [-0.1, -0.05) is 96.8 Å². The van der Waals surface area contributed by atoms with Gasteiger partial charge in [-0.25, -0.2) is 4.79 Å². The average molecular weight is 420 g/mol. The van der Waals surface area contributed by atoms with E-state index in [2.05, 4.69) is 0 Å². The van der Waals surface area contributed by atoms with Gasteiger partial charge in [-0.3, -0.25) is 9.69 Å². The molecule has 1 amide bonds. The van der Waals surface area contributed by atoms with Crippen molar-refractivity contribution in [3.05, 3.63) is 88.8 Å². The highest BCUT2D eigenvalue weighted by Crippen LogP contribution is 2.35. The summed E-state index contributed by atoms with van der Waals surface area (Å²) in [6, 6.07) is 22.0. The number of benzene rings is 3. The minimum absolute atomic E-state index is 0.199. The molecule has 0 aromatic heterocycles. The summed E-state index contributed by atoms with van der Waals surface area (Å²) in [5.41, 5.74) is 1.74. The van der Waals surface area contributed by atoms with E-state index < -0.39 is 12.0 Å². The summed E-state index contributed by atoms with van der Waals surface area (Å²) >= 11 is 6.53. The second-order valence-electron chi connectivity index (χ2n) is 6.66. The highest BCUT2D eigenvalue weighted by Gasteiger charge is 2.40. The molecule has 1 atom stereocenters. The van der Waals surface area contributed by atoms with E-state index in [1.807, 2.05) is 72.8 Å². The molecular formula is C23H17NO3S2. The van der Waals surface area contributed by atoms with Crippen LogP contribution in [0.1, 0.15) is 11.1 Å². The van der Waals surface area contributed by atoms with Crippen LogP contribution in [0.5, 0.6) is 0 Å². The van der Waals surface area contributed by atoms with E-state index in [1.165, 1.54) is 4.90 Å². The molecule has 3 aromatic carbocycles. The number of carboxylic acids is 1. The Balaban J connectivity index is 1.67. The van der Waals surface area contributed by atoms with Crippen molar-refractivity contribution < 1.29 is 14.7 Å². The van der Waals surface area contributed by atoms with Crippen LogP contribution in [-0.4, -0.2) is 32.2 Å². The number of amides is 1. The monoisotopic (exact) mass is 419 g/mol. The van der Waals surface area contributed by atoms with Crippen molar-refractivity contribution in [2.24, 2.45) is 0 Å². The van der Waals surface area contributed by atoms with Crippen LogP contribution in [0.4, 0.5) is 0 Å². The van der Waals surface area contributed by atoms with Crippen LogP contribution in [0.2, 0.25) is 0 Å². The fourth-order valence-corrected chi connectivity index (χ4v) is 4.74. The first-order valence-corrected chi connectivity index (χ1v) is 10.3. The van der Waals surface area contributed by atoms with E-state index in [4.69, 9.17) is 12.2 Å². The molecule has 0 aliphatic carbocycles. The van der Waals surface area contributed by atoms with E-state index in [-0.39, 0.29) is 16.6 Å². The van der Waals surface area contributed by atoms with Gasteiger partial charge in [0, 0.05) is 6.42 Å². The van der Waals surface area contributed by atoms with Crippen molar-refractivity contribution in [1.29, 1.82) is 0 Å². The van der Waals surface area contributed by atoms with Crippen LogP contribution >= 0.6 is 24.0 Å². The molecule has 1 aliphatic heterocycles. The molecular weight excluding hydrogens is 402 g/mol. The van der Waals surface area contributed by atoms with Crippen molar-refractivity contribution in [2.45, 2.75) is 12.5 Å². The van der Waals surface area contributed by atoms with Gasteiger partial charge in [-0.05, 0) is 28.0 Å². The van der Waals surface area contributed by atoms with Gasteiger partial charge in [0.15, 0.2) is 0 Å². The van der Waals surface area contributed by atoms with Crippen molar-refractivity contribution in [1.82, 2.24) is 4.90 Å². The largest absolute Gasteiger partial charge is 0.480 e. The maximum absolute atomic E-state index is 13.1. The smallest absolute Gasteiger partial charge is 0.327 e. The van der Waals surface area contributed by atoms with Crippen LogP contribution in [0, 0.1) is 0 Å². The number of rotatable bonds is 5. The van der Waals surface area contributed by atoms with Crippen molar-refractivity contribution in [2.75, 3.05) is 0 Å². The number of aliphatic carboxylic acids is 1. The number of hydrogen-bond donors (Lipinski definition) is 1. The highest BCUT2D eigenvalue weighted by molar-refractivity contribution is 8.26. The molecule has 0 saturated carbocycles. The van der Waals surface area contributed by atoms with Crippen molar-refractivity contribution >= 4 is 57.0 Å². The molecule has 4 rings (SSSR count). The number of carbonyl (C=O) groups is 2. The zero-order valence-corrected chi connectivity index (χ0v) is 17.0. The Hall–Kier alpha value is -2.96. The van der Waals surface area contributed by atoms with Crippen LogP contribution in [0.3, 0.4) is 0 Å². The van der Waals surface area contributed by atoms with E-state index in [0.29, 0.717) is 4.91 Å². The summed E-state index contributed by atoms with van der Waals surface area (Å²) in [7, 11) is 0. The summed E-state index contributed by atoms with van der Waals surface area (Å²) in [5, 5.41) is 11.9. The Morgan fingerprint density at radius 3 is 2.48 bits per heavy atom.